The first-order valence-electron chi connectivity index (χ1n) is 7.72. The van der Waals surface area contributed by atoms with E-state index in [0.717, 1.165) is 0 Å². The van der Waals surface area contributed by atoms with Crippen LogP contribution in [0.3, 0.4) is 0 Å². The van der Waals surface area contributed by atoms with E-state index < -0.39 is 16.1 Å². The molecule has 132 valence electrons. The molecule has 1 amide bonds. The monoisotopic (exact) mass is 356 g/mol. The summed E-state index contributed by atoms with van der Waals surface area (Å²) in [4.78, 5) is 12.2. The number of nitrogens with zero attached hydrogens (tertiary/aromatic N) is 1. The average molecular weight is 356 g/mol. The Morgan fingerprint density at radius 1 is 1.33 bits per heavy atom. The molecule has 0 radical (unpaired) electrons. The van der Waals surface area contributed by atoms with Gasteiger partial charge in [-0.15, -0.1) is 0 Å². The lowest BCUT2D eigenvalue weighted by molar-refractivity contribution is -0.127. The Bertz CT molecular complexity index is 721. The van der Waals surface area contributed by atoms with Gasteiger partial charge in [0, 0.05) is 26.3 Å². The number of carbonyl (C=O) groups is 1. The third kappa shape index (κ3) is 3.19. The van der Waals surface area contributed by atoms with Crippen molar-refractivity contribution in [2.75, 3.05) is 40.0 Å². The van der Waals surface area contributed by atoms with E-state index in [4.69, 9.17) is 14.2 Å². The molecule has 24 heavy (non-hydrogen) atoms. The van der Waals surface area contributed by atoms with Gasteiger partial charge in [-0.1, -0.05) is 0 Å². The zero-order chi connectivity index (χ0) is 17.2. The quantitative estimate of drug-likeness (QED) is 0.720. The molecular formula is C15H20N2O6S. The largest absolute Gasteiger partial charge is 0.486 e. The fourth-order valence-corrected chi connectivity index (χ4v) is 4.28. The van der Waals surface area contributed by atoms with Crippen molar-refractivity contribution in [2.45, 2.75) is 17.4 Å². The maximum atomic E-state index is 12.8. The van der Waals surface area contributed by atoms with Crippen LogP contribution in [0.1, 0.15) is 6.42 Å². The van der Waals surface area contributed by atoms with E-state index in [1.165, 1.54) is 23.5 Å². The van der Waals surface area contributed by atoms with Crippen LogP contribution in [0.15, 0.2) is 23.1 Å². The Labute approximate surface area is 140 Å². The molecule has 0 aromatic heterocycles. The minimum absolute atomic E-state index is 0.0983. The summed E-state index contributed by atoms with van der Waals surface area (Å²) in [5, 5.41) is 2.67. The molecule has 1 fully saturated rings. The number of benzene rings is 1. The van der Waals surface area contributed by atoms with Crippen LogP contribution in [0, 0.1) is 0 Å². The van der Waals surface area contributed by atoms with Gasteiger partial charge in [0.1, 0.15) is 19.3 Å². The second kappa shape index (κ2) is 6.96. The second-order valence-electron chi connectivity index (χ2n) is 5.51. The highest BCUT2D eigenvalue weighted by molar-refractivity contribution is 7.89. The summed E-state index contributed by atoms with van der Waals surface area (Å²) >= 11 is 0. The number of nitrogens with one attached hydrogen (secondary N) is 1. The molecule has 8 nitrogen and oxygen atoms in total. The number of ether oxygens (including phenoxy) is 3. The summed E-state index contributed by atoms with van der Waals surface area (Å²) in [7, 11) is -2.22. The van der Waals surface area contributed by atoms with Gasteiger partial charge >= 0.3 is 0 Å². The second-order valence-corrected chi connectivity index (χ2v) is 7.40. The molecule has 1 aromatic carbocycles. The molecule has 1 N–H and O–H groups in total. The summed E-state index contributed by atoms with van der Waals surface area (Å²) in [6, 6.07) is 3.82. The Hall–Kier alpha value is -1.84. The van der Waals surface area contributed by atoms with Gasteiger partial charge < -0.3 is 19.5 Å². The van der Waals surface area contributed by atoms with Gasteiger partial charge in [0.05, 0.1) is 11.5 Å². The zero-order valence-electron chi connectivity index (χ0n) is 13.4. The molecule has 3 rings (SSSR count). The molecule has 1 aromatic rings. The molecule has 2 aliphatic rings. The average Bonchev–Trinajstić information content (AvgIpc) is 2.53. The van der Waals surface area contributed by atoms with Gasteiger partial charge in [-0.3, -0.25) is 4.79 Å². The topological polar surface area (TPSA) is 94.2 Å². The number of amides is 1. The van der Waals surface area contributed by atoms with Crippen molar-refractivity contribution in [2.24, 2.45) is 0 Å². The lowest BCUT2D eigenvalue weighted by Gasteiger charge is -2.38. The van der Waals surface area contributed by atoms with Crippen molar-refractivity contribution in [1.82, 2.24) is 9.62 Å². The molecular weight excluding hydrogens is 336 g/mol. The maximum absolute atomic E-state index is 12.8. The summed E-state index contributed by atoms with van der Waals surface area (Å²) < 4.78 is 42.4. The molecule has 1 atom stereocenters. The predicted molar refractivity (Wildman–Crippen MR) is 84.6 cm³/mol. The fraction of sp³-hybridized carbons (Fsp3) is 0.533. The first kappa shape index (κ1) is 17.0. The van der Waals surface area contributed by atoms with Crippen molar-refractivity contribution in [3.8, 4) is 11.5 Å². The molecule has 2 aliphatic heterocycles. The van der Waals surface area contributed by atoms with Gasteiger partial charge in [-0.05, 0) is 18.6 Å². The minimum atomic E-state index is -3.75. The first-order valence-corrected chi connectivity index (χ1v) is 9.16. The highest BCUT2D eigenvalue weighted by Gasteiger charge is 2.42. The van der Waals surface area contributed by atoms with E-state index in [1.807, 2.05) is 0 Å². The van der Waals surface area contributed by atoms with Crippen molar-refractivity contribution in [3.05, 3.63) is 18.2 Å². The van der Waals surface area contributed by atoms with Crippen molar-refractivity contribution in [1.29, 1.82) is 0 Å². The SMILES string of the molecule is COCCNC(=O)C1CCN1S(=O)(=O)c1ccc2c(c1)OCCO2. The summed E-state index contributed by atoms with van der Waals surface area (Å²) in [5.41, 5.74) is 0. The van der Waals surface area contributed by atoms with Crippen LogP contribution in [-0.4, -0.2) is 64.7 Å². The summed E-state index contributed by atoms with van der Waals surface area (Å²) in [6.45, 7) is 1.87. The lowest BCUT2D eigenvalue weighted by Crippen LogP contribution is -2.58. The third-order valence-corrected chi connectivity index (χ3v) is 5.90. The van der Waals surface area contributed by atoms with E-state index in [0.29, 0.717) is 50.8 Å². The van der Waals surface area contributed by atoms with E-state index in [9.17, 15) is 13.2 Å². The number of methoxy groups -OCH3 is 1. The van der Waals surface area contributed by atoms with Crippen LogP contribution >= 0.6 is 0 Å². The molecule has 9 heteroatoms. The van der Waals surface area contributed by atoms with Crippen LogP contribution in [0.5, 0.6) is 11.5 Å². The van der Waals surface area contributed by atoms with Gasteiger partial charge in [0.15, 0.2) is 11.5 Å². The standard InChI is InChI=1S/C15H20N2O6S/c1-21-7-5-16-15(18)12-4-6-17(12)24(19,20)11-2-3-13-14(10-11)23-9-8-22-13/h2-3,10,12H,4-9H2,1H3,(H,16,18). The predicted octanol–water partition coefficient (Wildman–Crippen LogP) is -0.0166. The van der Waals surface area contributed by atoms with Crippen molar-refractivity contribution >= 4 is 15.9 Å². The summed E-state index contributed by atoms with van der Waals surface area (Å²) in [5.74, 6) is 0.626. The molecule has 0 aliphatic carbocycles. The van der Waals surface area contributed by atoms with Crippen LogP contribution in [0.2, 0.25) is 0 Å². The van der Waals surface area contributed by atoms with Gasteiger partial charge in [-0.2, -0.15) is 4.31 Å². The van der Waals surface area contributed by atoms with Crippen LogP contribution in [0.4, 0.5) is 0 Å². The first-order chi connectivity index (χ1) is 11.5. The van der Waals surface area contributed by atoms with Crippen molar-refractivity contribution < 1.29 is 27.4 Å². The minimum Gasteiger partial charge on any atom is -0.486 e. The number of hydrogen-bond donors (Lipinski definition) is 1. The van der Waals surface area contributed by atoms with Gasteiger partial charge in [0.2, 0.25) is 15.9 Å². The molecule has 0 spiro atoms. The summed E-state index contributed by atoms with van der Waals surface area (Å²) in [6.07, 6.45) is 0.503. The molecule has 1 saturated heterocycles. The third-order valence-electron chi connectivity index (χ3n) is 4.00. The van der Waals surface area contributed by atoms with Crippen LogP contribution < -0.4 is 14.8 Å². The maximum Gasteiger partial charge on any atom is 0.243 e. The van der Waals surface area contributed by atoms with Crippen molar-refractivity contribution in [3.63, 3.8) is 0 Å². The normalized spacial score (nSPS) is 20.3. The smallest absolute Gasteiger partial charge is 0.243 e. The highest BCUT2D eigenvalue weighted by Crippen LogP contribution is 2.35. The van der Waals surface area contributed by atoms with E-state index in [1.54, 1.807) is 6.07 Å². The Balaban J connectivity index is 1.74. The van der Waals surface area contributed by atoms with Crippen LogP contribution in [-0.2, 0) is 19.6 Å². The Morgan fingerprint density at radius 3 is 2.75 bits per heavy atom. The number of carbonyl (C=O) groups excluding carboxylic acids is 1. The van der Waals surface area contributed by atoms with E-state index in [-0.39, 0.29) is 10.8 Å². The highest BCUT2D eigenvalue weighted by atomic mass is 32.2. The van der Waals surface area contributed by atoms with Gasteiger partial charge in [-0.25, -0.2) is 8.42 Å². The van der Waals surface area contributed by atoms with E-state index >= 15 is 0 Å². The van der Waals surface area contributed by atoms with E-state index in [2.05, 4.69) is 5.32 Å². The number of hydrogen-bond acceptors (Lipinski definition) is 6. The molecule has 0 saturated carbocycles. The number of sulfonamides is 1. The number of fused-ring (bicyclic) bond motifs is 1. The molecule has 1 unspecified atom stereocenters. The molecule has 0 bridgehead atoms. The zero-order valence-corrected chi connectivity index (χ0v) is 14.2. The Morgan fingerprint density at radius 2 is 2.08 bits per heavy atom. The van der Waals surface area contributed by atoms with Crippen LogP contribution in [0.25, 0.3) is 0 Å². The number of rotatable bonds is 6. The van der Waals surface area contributed by atoms with Gasteiger partial charge in [0.25, 0.3) is 0 Å². The molecule has 2 heterocycles. The fourth-order valence-electron chi connectivity index (χ4n) is 2.63. The Kier molecular flexibility index (Phi) is 4.93. The lowest BCUT2D eigenvalue weighted by atomic mass is 10.1.